The van der Waals surface area contributed by atoms with Gasteiger partial charge in [-0.05, 0) is 25.7 Å². The summed E-state index contributed by atoms with van der Waals surface area (Å²) in [6, 6.07) is 0. The minimum atomic E-state index is 0.124. The van der Waals surface area contributed by atoms with Crippen LogP contribution in [0, 0.1) is 5.92 Å². The van der Waals surface area contributed by atoms with Crippen molar-refractivity contribution in [2.45, 2.75) is 51.4 Å². The quantitative estimate of drug-likeness (QED) is 0.929. The van der Waals surface area contributed by atoms with Gasteiger partial charge in [-0.1, -0.05) is 25.7 Å². The van der Waals surface area contributed by atoms with Crippen LogP contribution in [-0.4, -0.2) is 29.0 Å². The molecule has 2 aliphatic rings. The standard InChI is InChI=1S/C16H24N4O/c21-15(13-7-3-4-8-13)19-14-11-17-16(18-12-14)20-9-5-1-2-6-10-20/h11-13H,1-10H2,(H,19,21). The largest absolute Gasteiger partial charge is 0.341 e. The maximum absolute atomic E-state index is 12.1. The predicted molar refractivity (Wildman–Crippen MR) is 83.3 cm³/mol. The fourth-order valence-electron chi connectivity index (χ4n) is 3.25. The molecule has 5 heteroatoms. The van der Waals surface area contributed by atoms with Crippen molar-refractivity contribution < 1.29 is 4.79 Å². The van der Waals surface area contributed by atoms with Crippen LogP contribution in [0.5, 0.6) is 0 Å². The van der Waals surface area contributed by atoms with Crippen LogP contribution in [0.3, 0.4) is 0 Å². The Morgan fingerprint density at radius 2 is 1.62 bits per heavy atom. The molecule has 1 N–H and O–H groups in total. The van der Waals surface area contributed by atoms with Gasteiger partial charge >= 0.3 is 0 Å². The van der Waals surface area contributed by atoms with E-state index < -0.39 is 0 Å². The monoisotopic (exact) mass is 288 g/mol. The van der Waals surface area contributed by atoms with Crippen molar-refractivity contribution in [3.05, 3.63) is 12.4 Å². The summed E-state index contributed by atoms with van der Waals surface area (Å²) >= 11 is 0. The second-order valence-electron chi connectivity index (χ2n) is 6.14. The summed E-state index contributed by atoms with van der Waals surface area (Å²) in [5, 5.41) is 2.94. The van der Waals surface area contributed by atoms with Gasteiger partial charge in [-0.3, -0.25) is 4.79 Å². The van der Waals surface area contributed by atoms with E-state index in [1.54, 1.807) is 12.4 Å². The number of hydrogen-bond donors (Lipinski definition) is 1. The second kappa shape index (κ2) is 6.87. The van der Waals surface area contributed by atoms with Gasteiger partial charge in [0, 0.05) is 19.0 Å². The third-order valence-corrected chi connectivity index (χ3v) is 4.52. The van der Waals surface area contributed by atoms with E-state index in [4.69, 9.17) is 0 Å². The van der Waals surface area contributed by atoms with Gasteiger partial charge in [0.1, 0.15) is 0 Å². The number of amides is 1. The molecule has 114 valence electrons. The van der Waals surface area contributed by atoms with Crippen molar-refractivity contribution in [2.75, 3.05) is 23.3 Å². The van der Waals surface area contributed by atoms with Crippen molar-refractivity contribution in [3.63, 3.8) is 0 Å². The van der Waals surface area contributed by atoms with E-state index in [0.717, 1.165) is 31.9 Å². The van der Waals surface area contributed by atoms with Crippen LogP contribution in [0.4, 0.5) is 11.6 Å². The third-order valence-electron chi connectivity index (χ3n) is 4.52. The highest BCUT2D eigenvalue weighted by Crippen LogP contribution is 2.26. The number of nitrogens with zero attached hydrogens (tertiary/aromatic N) is 3. The highest BCUT2D eigenvalue weighted by atomic mass is 16.1. The first-order valence-electron chi connectivity index (χ1n) is 8.21. The van der Waals surface area contributed by atoms with E-state index in [1.165, 1.54) is 38.5 Å². The molecule has 3 rings (SSSR count). The van der Waals surface area contributed by atoms with E-state index in [1.807, 2.05) is 0 Å². The molecule has 1 aromatic heterocycles. The van der Waals surface area contributed by atoms with Crippen molar-refractivity contribution in [1.82, 2.24) is 9.97 Å². The molecule has 0 atom stereocenters. The molecule has 5 nitrogen and oxygen atoms in total. The first-order valence-corrected chi connectivity index (χ1v) is 8.21. The Morgan fingerprint density at radius 3 is 2.24 bits per heavy atom. The zero-order chi connectivity index (χ0) is 14.5. The molecule has 1 saturated heterocycles. The smallest absolute Gasteiger partial charge is 0.227 e. The van der Waals surface area contributed by atoms with Gasteiger partial charge in [0.15, 0.2) is 0 Å². The van der Waals surface area contributed by atoms with Crippen molar-refractivity contribution in [2.24, 2.45) is 5.92 Å². The first kappa shape index (κ1) is 14.3. The molecule has 1 amide bonds. The van der Waals surface area contributed by atoms with E-state index in [-0.39, 0.29) is 11.8 Å². The molecular weight excluding hydrogens is 264 g/mol. The van der Waals surface area contributed by atoms with Gasteiger partial charge in [-0.2, -0.15) is 0 Å². The van der Waals surface area contributed by atoms with Crippen molar-refractivity contribution in [1.29, 1.82) is 0 Å². The van der Waals surface area contributed by atoms with E-state index in [9.17, 15) is 4.79 Å². The average Bonchev–Trinajstić information content (AvgIpc) is 2.91. The van der Waals surface area contributed by atoms with Gasteiger partial charge in [0.25, 0.3) is 0 Å². The Bertz CT molecular complexity index is 460. The van der Waals surface area contributed by atoms with Gasteiger partial charge in [0.2, 0.25) is 11.9 Å². The van der Waals surface area contributed by atoms with Gasteiger partial charge < -0.3 is 10.2 Å². The van der Waals surface area contributed by atoms with Crippen LogP contribution in [-0.2, 0) is 4.79 Å². The molecular formula is C16H24N4O. The first-order chi connectivity index (χ1) is 10.3. The molecule has 1 saturated carbocycles. The highest BCUT2D eigenvalue weighted by molar-refractivity contribution is 5.92. The number of carbonyl (C=O) groups excluding carboxylic acids is 1. The number of nitrogens with one attached hydrogen (secondary N) is 1. The summed E-state index contributed by atoms with van der Waals surface area (Å²) in [6.45, 7) is 2.07. The molecule has 1 aromatic rings. The Labute approximate surface area is 126 Å². The Kier molecular flexibility index (Phi) is 4.68. The lowest BCUT2D eigenvalue weighted by Gasteiger charge is -2.20. The lowest BCUT2D eigenvalue weighted by molar-refractivity contribution is -0.119. The van der Waals surface area contributed by atoms with E-state index in [0.29, 0.717) is 5.69 Å². The number of rotatable bonds is 3. The molecule has 1 aliphatic heterocycles. The van der Waals surface area contributed by atoms with Crippen LogP contribution < -0.4 is 10.2 Å². The molecule has 0 aromatic carbocycles. The Balaban J connectivity index is 1.59. The zero-order valence-electron chi connectivity index (χ0n) is 12.6. The number of anilines is 2. The molecule has 0 bridgehead atoms. The molecule has 1 aliphatic carbocycles. The summed E-state index contributed by atoms with van der Waals surface area (Å²) in [6.07, 6.45) is 12.9. The summed E-state index contributed by atoms with van der Waals surface area (Å²) in [5.41, 5.74) is 0.713. The fourth-order valence-corrected chi connectivity index (χ4v) is 3.25. The van der Waals surface area contributed by atoms with Crippen LogP contribution in [0.25, 0.3) is 0 Å². The normalized spacial score (nSPS) is 20.3. The third kappa shape index (κ3) is 3.71. The average molecular weight is 288 g/mol. The zero-order valence-corrected chi connectivity index (χ0v) is 12.6. The molecule has 0 radical (unpaired) electrons. The molecule has 2 heterocycles. The summed E-state index contributed by atoms with van der Waals surface area (Å²) in [4.78, 5) is 23.2. The molecule has 0 unspecified atom stereocenters. The minimum absolute atomic E-state index is 0.124. The summed E-state index contributed by atoms with van der Waals surface area (Å²) < 4.78 is 0. The molecule has 0 spiro atoms. The number of aromatic nitrogens is 2. The minimum Gasteiger partial charge on any atom is -0.341 e. The van der Waals surface area contributed by atoms with Gasteiger partial charge in [-0.25, -0.2) is 9.97 Å². The fraction of sp³-hybridized carbons (Fsp3) is 0.688. The highest BCUT2D eigenvalue weighted by Gasteiger charge is 2.22. The lowest BCUT2D eigenvalue weighted by atomic mass is 10.1. The van der Waals surface area contributed by atoms with Crippen LogP contribution in [0.1, 0.15) is 51.4 Å². The Hall–Kier alpha value is -1.65. The SMILES string of the molecule is O=C(Nc1cnc(N2CCCCCC2)nc1)C1CCCC1. The number of hydrogen-bond acceptors (Lipinski definition) is 4. The number of carbonyl (C=O) groups is 1. The predicted octanol–water partition coefficient (Wildman–Crippen LogP) is 2.99. The van der Waals surface area contributed by atoms with E-state index >= 15 is 0 Å². The Morgan fingerprint density at radius 1 is 1.00 bits per heavy atom. The van der Waals surface area contributed by atoms with Gasteiger partial charge in [-0.15, -0.1) is 0 Å². The molecule has 2 fully saturated rings. The topological polar surface area (TPSA) is 58.1 Å². The van der Waals surface area contributed by atoms with Gasteiger partial charge in [0.05, 0.1) is 18.1 Å². The van der Waals surface area contributed by atoms with Crippen molar-refractivity contribution in [3.8, 4) is 0 Å². The maximum atomic E-state index is 12.1. The lowest BCUT2D eigenvalue weighted by Crippen LogP contribution is -2.26. The van der Waals surface area contributed by atoms with Crippen LogP contribution in [0.15, 0.2) is 12.4 Å². The molecule has 21 heavy (non-hydrogen) atoms. The van der Waals surface area contributed by atoms with Crippen LogP contribution in [0.2, 0.25) is 0 Å². The summed E-state index contributed by atoms with van der Waals surface area (Å²) in [5.74, 6) is 1.09. The van der Waals surface area contributed by atoms with Crippen molar-refractivity contribution >= 4 is 17.5 Å². The second-order valence-corrected chi connectivity index (χ2v) is 6.14. The van der Waals surface area contributed by atoms with E-state index in [2.05, 4.69) is 20.2 Å². The van der Waals surface area contributed by atoms with Crippen LogP contribution >= 0.6 is 0 Å². The maximum Gasteiger partial charge on any atom is 0.227 e. The summed E-state index contributed by atoms with van der Waals surface area (Å²) in [7, 11) is 0.